The highest BCUT2D eigenvalue weighted by atomic mass is 19.3. The third-order valence-corrected chi connectivity index (χ3v) is 3.13. The molecular formula is C13H16F2N2O3. The molecule has 1 saturated heterocycles. The number of methoxy groups -OCH3 is 1. The summed E-state index contributed by atoms with van der Waals surface area (Å²) in [7, 11) is 1.56. The van der Waals surface area contributed by atoms with Crippen molar-refractivity contribution in [1.82, 2.24) is 10.6 Å². The minimum Gasteiger partial charge on any atom is -0.434 e. The van der Waals surface area contributed by atoms with Gasteiger partial charge in [0.15, 0.2) is 0 Å². The van der Waals surface area contributed by atoms with Crippen molar-refractivity contribution >= 4 is 5.91 Å². The number of hydrogen-bond donors (Lipinski definition) is 2. The predicted molar refractivity (Wildman–Crippen MR) is 68.0 cm³/mol. The van der Waals surface area contributed by atoms with Crippen LogP contribution in [0, 0.1) is 0 Å². The quantitative estimate of drug-likeness (QED) is 0.848. The number of halogens is 2. The highest BCUT2D eigenvalue weighted by Crippen LogP contribution is 2.20. The van der Waals surface area contributed by atoms with Crippen molar-refractivity contribution in [3.8, 4) is 5.75 Å². The number of para-hydroxylation sites is 1. The van der Waals surface area contributed by atoms with Gasteiger partial charge in [0.25, 0.3) is 5.91 Å². The van der Waals surface area contributed by atoms with E-state index >= 15 is 0 Å². The van der Waals surface area contributed by atoms with E-state index in [1.165, 1.54) is 18.2 Å². The van der Waals surface area contributed by atoms with E-state index in [2.05, 4.69) is 15.4 Å². The summed E-state index contributed by atoms with van der Waals surface area (Å²) in [5.74, 6) is -0.600. The number of benzene rings is 1. The summed E-state index contributed by atoms with van der Waals surface area (Å²) in [6, 6.07) is 5.70. The normalized spacial score (nSPS) is 22.0. The first-order chi connectivity index (χ1) is 9.61. The third-order valence-electron chi connectivity index (χ3n) is 3.13. The topological polar surface area (TPSA) is 59.6 Å². The number of alkyl halides is 2. The molecule has 1 aromatic carbocycles. The Morgan fingerprint density at radius 2 is 2.15 bits per heavy atom. The van der Waals surface area contributed by atoms with Crippen molar-refractivity contribution in [2.24, 2.45) is 0 Å². The number of hydrogen-bond acceptors (Lipinski definition) is 4. The molecular weight excluding hydrogens is 270 g/mol. The van der Waals surface area contributed by atoms with Gasteiger partial charge in [0, 0.05) is 20.2 Å². The van der Waals surface area contributed by atoms with Crippen LogP contribution < -0.4 is 15.4 Å². The third kappa shape index (κ3) is 3.43. The van der Waals surface area contributed by atoms with Crippen molar-refractivity contribution in [3.63, 3.8) is 0 Å². The molecule has 110 valence electrons. The molecule has 2 atom stereocenters. The maximum absolute atomic E-state index is 12.3. The molecule has 0 radical (unpaired) electrons. The standard InChI is InChI=1S/C13H16F2N2O3/c1-19-11-7-16-6-9(11)17-12(18)8-4-2-3-5-10(8)20-13(14)15/h2-5,9,11,13,16H,6-7H2,1H3,(H,17,18)/t9?,11-/m0/s1. The maximum atomic E-state index is 12.3. The molecule has 5 nitrogen and oxygen atoms in total. The molecule has 1 unspecified atom stereocenters. The van der Waals surface area contributed by atoms with Gasteiger partial charge in [0.2, 0.25) is 0 Å². The van der Waals surface area contributed by atoms with E-state index in [1.807, 2.05) is 0 Å². The Morgan fingerprint density at radius 1 is 1.40 bits per heavy atom. The molecule has 0 aliphatic carbocycles. The molecule has 1 aliphatic rings. The Bertz CT molecular complexity index is 471. The zero-order valence-corrected chi connectivity index (χ0v) is 10.9. The first kappa shape index (κ1) is 14.7. The van der Waals surface area contributed by atoms with Gasteiger partial charge in [0.05, 0.1) is 17.7 Å². The van der Waals surface area contributed by atoms with E-state index in [1.54, 1.807) is 13.2 Å². The van der Waals surface area contributed by atoms with Gasteiger partial charge in [-0.05, 0) is 12.1 Å². The molecule has 1 amide bonds. The molecule has 0 bridgehead atoms. The Kier molecular flexibility index (Phi) is 4.86. The molecule has 7 heteroatoms. The Balaban J connectivity index is 2.09. The minimum absolute atomic E-state index is 0.0783. The number of carbonyl (C=O) groups excluding carboxylic acids is 1. The molecule has 1 aromatic rings. The number of ether oxygens (including phenoxy) is 2. The predicted octanol–water partition coefficient (Wildman–Crippen LogP) is 1.00. The van der Waals surface area contributed by atoms with Crippen LogP contribution in [-0.4, -0.2) is 44.9 Å². The van der Waals surface area contributed by atoms with Crippen LogP contribution in [0.25, 0.3) is 0 Å². The van der Waals surface area contributed by atoms with E-state index in [9.17, 15) is 13.6 Å². The van der Waals surface area contributed by atoms with Crippen LogP contribution in [0.15, 0.2) is 24.3 Å². The summed E-state index contributed by atoms with van der Waals surface area (Å²) in [6.07, 6.45) is -0.137. The lowest BCUT2D eigenvalue weighted by atomic mass is 10.1. The minimum atomic E-state index is -2.97. The molecule has 1 aliphatic heterocycles. The van der Waals surface area contributed by atoms with Gasteiger partial charge < -0.3 is 20.1 Å². The van der Waals surface area contributed by atoms with Crippen molar-refractivity contribution in [2.45, 2.75) is 18.8 Å². The second kappa shape index (κ2) is 6.62. The van der Waals surface area contributed by atoms with Crippen molar-refractivity contribution in [1.29, 1.82) is 0 Å². The number of rotatable bonds is 5. The van der Waals surface area contributed by atoms with Crippen LogP contribution in [0.5, 0.6) is 5.75 Å². The second-order valence-electron chi connectivity index (χ2n) is 4.39. The molecule has 0 spiro atoms. The van der Waals surface area contributed by atoms with E-state index in [-0.39, 0.29) is 23.5 Å². The smallest absolute Gasteiger partial charge is 0.387 e. The van der Waals surface area contributed by atoms with Gasteiger partial charge >= 0.3 is 6.61 Å². The van der Waals surface area contributed by atoms with Crippen LogP contribution in [0.3, 0.4) is 0 Å². The largest absolute Gasteiger partial charge is 0.434 e. The van der Waals surface area contributed by atoms with Crippen LogP contribution in [0.1, 0.15) is 10.4 Å². The van der Waals surface area contributed by atoms with Gasteiger partial charge in [-0.25, -0.2) is 0 Å². The summed E-state index contributed by atoms with van der Waals surface area (Å²) in [5, 5.41) is 5.84. The van der Waals surface area contributed by atoms with Gasteiger partial charge in [-0.1, -0.05) is 12.1 Å². The lowest BCUT2D eigenvalue weighted by Crippen LogP contribution is -2.43. The molecule has 0 aromatic heterocycles. The molecule has 1 fully saturated rings. The summed E-state index contributed by atoms with van der Waals surface area (Å²) in [5.41, 5.74) is 0.0783. The van der Waals surface area contributed by atoms with E-state index < -0.39 is 12.5 Å². The zero-order valence-electron chi connectivity index (χ0n) is 10.9. The van der Waals surface area contributed by atoms with Gasteiger partial charge in [-0.15, -0.1) is 0 Å². The van der Waals surface area contributed by atoms with Crippen molar-refractivity contribution < 1.29 is 23.0 Å². The lowest BCUT2D eigenvalue weighted by molar-refractivity contribution is -0.0501. The van der Waals surface area contributed by atoms with Crippen LogP contribution in [-0.2, 0) is 4.74 Å². The summed E-state index contributed by atoms with van der Waals surface area (Å²) in [6.45, 7) is -1.76. The van der Waals surface area contributed by atoms with E-state index in [0.29, 0.717) is 13.1 Å². The zero-order chi connectivity index (χ0) is 14.5. The monoisotopic (exact) mass is 286 g/mol. The molecule has 2 N–H and O–H groups in total. The van der Waals surface area contributed by atoms with Gasteiger partial charge in [-0.2, -0.15) is 8.78 Å². The highest BCUT2D eigenvalue weighted by molar-refractivity contribution is 5.97. The Morgan fingerprint density at radius 3 is 2.85 bits per heavy atom. The summed E-state index contributed by atoms with van der Waals surface area (Å²) >= 11 is 0. The maximum Gasteiger partial charge on any atom is 0.387 e. The Labute approximate surface area is 115 Å². The fourth-order valence-corrected chi connectivity index (χ4v) is 2.15. The number of amides is 1. The van der Waals surface area contributed by atoms with E-state index in [4.69, 9.17) is 4.74 Å². The molecule has 1 heterocycles. The van der Waals surface area contributed by atoms with Crippen LogP contribution in [0.4, 0.5) is 8.78 Å². The average Bonchev–Trinajstić information content (AvgIpc) is 2.85. The fraction of sp³-hybridized carbons (Fsp3) is 0.462. The average molecular weight is 286 g/mol. The second-order valence-corrected chi connectivity index (χ2v) is 4.39. The first-order valence-electron chi connectivity index (χ1n) is 6.20. The first-order valence-corrected chi connectivity index (χ1v) is 6.20. The number of carbonyl (C=O) groups is 1. The number of nitrogens with one attached hydrogen (secondary N) is 2. The lowest BCUT2D eigenvalue weighted by Gasteiger charge is -2.19. The van der Waals surface area contributed by atoms with Crippen LogP contribution in [0.2, 0.25) is 0 Å². The van der Waals surface area contributed by atoms with Crippen LogP contribution >= 0.6 is 0 Å². The SMILES string of the molecule is CO[C@H]1CNCC1NC(=O)c1ccccc1OC(F)F. The summed E-state index contributed by atoms with van der Waals surface area (Å²) in [4.78, 5) is 12.1. The van der Waals surface area contributed by atoms with Crippen molar-refractivity contribution in [3.05, 3.63) is 29.8 Å². The van der Waals surface area contributed by atoms with Crippen molar-refractivity contribution in [2.75, 3.05) is 20.2 Å². The summed E-state index contributed by atoms with van der Waals surface area (Å²) < 4.78 is 34.2. The molecule has 20 heavy (non-hydrogen) atoms. The molecule has 0 saturated carbocycles. The highest BCUT2D eigenvalue weighted by Gasteiger charge is 2.29. The van der Waals surface area contributed by atoms with Gasteiger partial charge in [-0.3, -0.25) is 4.79 Å². The van der Waals surface area contributed by atoms with Gasteiger partial charge in [0.1, 0.15) is 5.75 Å². The van der Waals surface area contributed by atoms with E-state index in [0.717, 1.165) is 0 Å². The Hall–Kier alpha value is -1.73. The molecule has 2 rings (SSSR count). The fourth-order valence-electron chi connectivity index (χ4n) is 2.15.